The first-order valence-corrected chi connectivity index (χ1v) is 8.83. The molecule has 122 valence electrons. The number of aryl methyl sites for hydroxylation is 1. The van der Waals surface area contributed by atoms with Gasteiger partial charge >= 0.3 is 0 Å². The lowest BCUT2D eigenvalue weighted by molar-refractivity contribution is -0.175. The van der Waals surface area contributed by atoms with E-state index in [0.29, 0.717) is 31.2 Å². The molecule has 2 N–H and O–H groups in total. The standard InChI is InChI=1S/C15H20FNO4S/c1-11-2-3-13(12(16)8-11)22(19,20)17-14-4-6-15(9-18,7-5-14)21-10-14/h2-3,8,17-18H,4-7,9-10H2,1H3. The summed E-state index contributed by atoms with van der Waals surface area (Å²) in [6, 6.07) is 4.07. The Labute approximate surface area is 129 Å². The maximum Gasteiger partial charge on any atom is 0.244 e. The Hall–Kier alpha value is -1.02. The highest BCUT2D eigenvalue weighted by Gasteiger charge is 2.51. The Morgan fingerprint density at radius 1 is 1.32 bits per heavy atom. The number of halogens is 1. The van der Waals surface area contributed by atoms with E-state index in [4.69, 9.17) is 4.74 Å². The second-order valence-electron chi connectivity index (χ2n) is 6.45. The zero-order valence-electron chi connectivity index (χ0n) is 12.4. The van der Waals surface area contributed by atoms with E-state index in [1.807, 2.05) is 0 Å². The Bertz CT molecular complexity index is 664. The summed E-state index contributed by atoms with van der Waals surface area (Å²) >= 11 is 0. The normalized spacial score (nSPS) is 31.4. The van der Waals surface area contributed by atoms with Crippen LogP contribution in [0.25, 0.3) is 0 Å². The molecule has 7 heteroatoms. The molecule has 1 aromatic rings. The van der Waals surface area contributed by atoms with Crippen LogP contribution in [0.2, 0.25) is 0 Å². The SMILES string of the molecule is Cc1ccc(S(=O)(=O)NC23CCC(CO)(CC2)OC3)c(F)c1. The van der Waals surface area contributed by atoms with Crippen molar-refractivity contribution in [2.45, 2.75) is 48.6 Å². The van der Waals surface area contributed by atoms with Crippen molar-refractivity contribution in [2.75, 3.05) is 13.2 Å². The Morgan fingerprint density at radius 2 is 2.00 bits per heavy atom. The largest absolute Gasteiger partial charge is 0.393 e. The number of hydrogen-bond donors (Lipinski definition) is 2. The summed E-state index contributed by atoms with van der Waals surface area (Å²) in [7, 11) is -3.95. The second kappa shape index (κ2) is 5.26. The fraction of sp³-hybridized carbons (Fsp3) is 0.600. The molecule has 2 heterocycles. The summed E-state index contributed by atoms with van der Waals surface area (Å²) < 4.78 is 47.3. The van der Waals surface area contributed by atoms with E-state index in [-0.39, 0.29) is 18.1 Å². The Balaban J connectivity index is 1.84. The summed E-state index contributed by atoms with van der Waals surface area (Å²) in [6.07, 6.45) is 2.37. The maximum absolute atomic E-state index is 14.0. The van der Waals surface area contributed by atoms with Crippen LogP contribution in [0.5, 0.6) is 0 Å². The number of nitrogens with one attached hydrogen (secondary N) is 1. The zero-order chi connectivity index (χ0) is 16.0. The van der Waals surface area contributed by atoms with Gasteiger partial charge in [-0.15, -0.1) is 0 Å². The first kappa shape index (κ1) is 15.9. The highest BCUT2D eigenvalue weighted by Crippen LogP contribution is 2.44. The van der Waals surface area contributed by atoms with Crippen molar-refractivity contribution in [2.24, 2.45) is 0 Å². The van der Waals surface area contributed by atoms with Gasteiger partial charge in [-0.25, -0.2) is 17.5 Å². The van der Waals surface area contributed by atoms with E-state index in [1.165, 1.54) is 12.1 Å². The molecule has 0 atom stereocenters. The highest BCUT2D eigenvalue weighted by molar-refractivity contribution is 7.89. The predicted octanol–water partition coefficient (Wildman–Crippen LogP) is 1.49. The molecular formula is C15H20FNO4S. The van der Waals surface area contributed by atoms with Gasteiger partial charge in [0, 0.05) is 0 Å². The van der Waals surface area contributed by atoms with Crippen LogP contribution in [0.4, 0.5) is 4.39 Å². The summed E-state index contributed by atoms with van der Waals surface area (Å²) in [5.41, 5.74) is -0.559. The molecule has 0 amide bonds. The number of fused-ring (bicyclic) bond motifs is 3. The zero-order valence-corrected chi connectivity index (χ0v) is 13.2. The summed E-state index contributed by atoms with van der Waals surface area (Å²) in [5, 5.41) is 9.41. The molecule has 1 aromatic carbocycles. The van der Waals surface area contributed by atoms with E-state index in [9.17, 15) is 17.9 Å². The molecule has 1 aliphatic carbocycles. The molecule has 0 radical (unpaired) electrons. The van der Waals surface area contributed by atoms with E-state index < -0.39 is 27.0 Å². The summed E-state index contributed by atoms with van der Waals surface area (Å²) in [4.78, 5) is -0.336. The molecule has 4 rings (SSSR count). The van der Waals surface area contributed by atoms with Crippen molar-refractivity contribution in [3.05, 3.63) is 29.6 Å². The van der Waals surface area contributed by atoms with Gasteiger partial charge < -0.3 is 9.84 Å². The fourth-order valence-corrected chi connectivity index (χ4v) is 4.77. The van der Waals surface area contributed by atoms with E-state index in [1.54, 1.807) is 13.0 Å². The molecule has 22 heavy (non-hydrogen) atoms. The van der Waals surface area contributed by atoms with Crippen LogP contribution < -0.4 is 4.72 Å². The quantitative estimate of drug-likeness (QED) is 0.877. The molecule has 2 aliphatic heterocycles. The van der Waals surface area contributed by atoms with E-state index in [2.05, 4.69) is 4.72 Å². The lowest BCUT2D eigenvalue weighted by Crippen LogP contribution is -2.63. The van der Waals surface area contributed by atoms with Gasteiger partial charge in [-0.05, 0) is 50.3 Å². The van der Waals surface area contributed by atoms with Gasteiger partial charge in [-0.2, -0.15) is 0 Å². The smallest absolute Gasteiger partial charge is 0.244 e. The molecule has 0 aromatic heterocycles. The first-order chi connectivity index (χ1) is 10.3. The van der Waals surface area contributed by atoms with Crippen LogP contribution in [0, 0.1) is 12.7 Å². The van der Waals surface area contributed by atoms with Crippen LogP contribution in [-0.2, 0) is 14.8 Å². The molecule has 3 aliphatic rings. The Morgan fingerprint density at radius 3 is 2.50 bits per heavy atom. The van der Waals surface area contributed by atoms with Crippen LogP contribution in [0.15, 0.2) is 23.1 Å². The van der Waals surface area contributed by atoms with Gasteiger partial charge in [0.2, 0.25) is 10.0 Å². The molecule has 2 saturated heterocycles. The highest BCUT2D eigenvalue weighted by atomic mass is 32.2. The van der Waals surface area contributed by atoms with Crippen molar-refractivity contribution in [1.29, 1.82) is 0 Å². The summed E-state index contributed by atoms with van der Waals surface area (Å²) in [5.74, 6) is -0.749. The van der Waals surface area contributed by atoms with Crippen molar-refractivity contribution in [1.82, 2.24) is 4.72 Å². The molecule has 3 fully saturated rings. The van der Waals surface area contributed by atoms with Crippen molar-refractivity contribution in [3.8, 4) is 0 Å². The molecule has 2 bridgehead atoms. The number of sulfonamides is 1. The minimum Gasteiger partial charge on any atom is -0.393 e. The fourth-order valence-electron chi connectivity index (χ4n) is 3.26. The topological polar surface area (TPSA) is 75.6 Å². The van der Waals surface area contributed by atoms with Crippen molar-refractivity contribution >= 4 is 10.0 Å². The van der Waals surface area contributed by atoms with Gasteiger partial charge in [0.05, 0.1) is 24.4 Å². The van der Waals surface area contributed by atoms with Crippen molar-refractivity contribution < 1.29 is 22.7 Å². The number of benzene rings is 1. The maximum atomic E-state index is 14.0. The molecule has 5 nitrogen and oxygen atoms in total. The number of rotatable bonds is 4. The lowest BCUT2D eigenvalue weighted by Gasteiger charge is -2.52. The Kier molecular flexibility index (Phi) is 3.79. The minimum atomic E-state index is -3.95. The van der Waals surface area contributed by atoms with E-state index >= 15 is 0 Å². The second-order valence-corrected chi connectivity index (χ2v) is 8.10. The predicted molar refractivity (Wildman–Crippen MR) is 78.4 cm³/mol. The van der Waals surface area contributed by atoms with Gasteiger partial charge in [-0.3, -0.25) is 0 Å². The van der Waals surface area contributed by atoms with Gasteiger partial charge in [0.1, 0.15) is 10.7 Å². The average Bonchev–Trinajstić information content (AvgIpc) is 2.48. The molecule has 0 unspecified atom stereocenters. The van der Waals surface area contributed by atoms with Crippen LogP contribution >= 0.6 is 0 Å². The molecule has 0 spiro atoms. The van der Waals surface area contributed by atoms with Gasteiger partial charge in [0.15, 0.2) is 0 Å². The average molecular weight is 329 g/mol. The number of aliphatic hydroxyl groups excluding tert-OH is 1. The number of ether oxygens (including phenoxy) is 1. The van der Waals surface area contributed by atoms with Gasteiger partial charge in [0.25, 0.3) is 0 Å². The van der Waals surface area contributed by atoms with Crippen LogP contribution in [0.3, 0.4) is 0 Å². The molecule has 1 saturated carbocycles. The third-order valence-corrected chi connectivity index (χ3v) is 6.40. The molecular weight excluding hydrogens is 309 g/mol. The third-order valence-electron chi connectivity index (χ3n) is 4.79. The third kappa shape index (κ3) is 2.67. The van der Waals surface area contributed by atoms with Gasteiger partial charge in [-0.1, -0.05) is 6.07 Å². The number of hydrogen-bond acceptors (Lipinski definition) is 4. The number of aliphatic hydroxyl groups is 1. The van der Waals surface area contributed by atoms with Crippen molar-refractivity contribution in [3.63, 3.8) is 0 Å². The minimum absolute atomic E-state index is 0.0532. The summed E-state index contributed by atoms with van der Waals surface area (Å²) in [6.45, 7) is 1.86. The van der Waals surface area contributed by atoms with E-state index in [0.717, 1.165) is 0 Å². The monoisotopic (exact) mass is 329 g/mol. The van der Waals surface area contributed by atoms with Crippen LogP contribution in [-0.4, -0.2) is 37.9 Å². The first-order valence-electron chi connectivity index (χ1n) is 7.35. The lowest BCUT2D eigenvalue weighted by atomic mass is 9.72. The van der Waals surface area contributed by atoms with Crippen LogP contribution in [0.1, 0.15) is 31.2 Å².